The molecular formula is C14H18N4O4S. The van der Waals surface area contributed by atoms with E-state index in [9.17, 15) is 14.4 Å². The zero-order chi connectivity index (χ0) is 17.0. The summed E-state index contributed by atoms with van der Waals surface area (Å²) in [6, 6.07) is 1.37. The number of H-pyrrole nitrogens is 1. The topological polar surface area (TPSA) is 117 Å². The van der Waals surface area contributed by atoms with Crippen molar-refractivity contribution in [2.24, 2.45) is 5.92 Å². The van der Waals surface area contributed by atoms with Crippen LogP contribution in [0.5, 0.6) is 0 Å². The molecule has 0 aliphatic carbocycles. The lowest BCUT2D eigenvalue weighted by Crippen LogP contribution is -2.33. The number of pyridine rings is 1. The largest absolute Gasteiger partial charge is 0.480 e. The van der Waals surface area contributed by atoms with Crippen molar-refractivity contribution in [2.45, 2.75) is 25.3 Å². The molecule has 0 saturated heterocycles. The van der Waals surface area contributed by atoms with Gasteiger partial charge >= 0.3 is 5.97 Å². The van der Waals surface area contributed by atoms with Crippen molar-refractivity contribution in [3.8, 4) is 0 Å². The van der Waals surface area contributed by atoms with Gasteiger partial charge in [0.25, 0.3) is 5.91 Å². The van der Waals surface area contributed by atoms with E-state index in [1.54, 1.807) is 4.52 Å². The summed E-state index contributed by atoms with van der Waals surface area (Å²) in [7, 11) is 0. The van der Waals surface area contributed by atoms with Gasteiger partial charge in [0.2, 0.25) is 0 Å². The number of aromatic nitrogens is 3. The van der Waals surface area contributed by atoms with Crippen LogP contribution >= 0.6 is 11.8 Å². The van der Waals surface area contributed by atoms with Crippen molar-refractivity contribution in [2.75, 3.05) is 12.3 Å². The molecule has 3 N–H and O–H groups in total. The number of fused-ring (bicyclic) bond motifs is 1. The summed E-state index contributed by atoms with van der Waals surface area (Å²) in [5, 5.41) is 14.3. The van der Waals surface area contributed by atoms with E-state index >= 15 is 0 Å². The highest BCUT2D eigenvalue weighted by atomic mass is 32.2. The number of carboxylic acid groups (broad SMARTS) is 1. The maximum absolute atomic E-state index is 12.3. The quantitative estimate of drug-likeness (QED) is 0.648. The van der Waals surface area contributed by atoms with E-state index < -0.39 is 23.9 Å². The SMILES string of the molecule is CC[C@H](C)CSc1cc(=O)c(C(=O)NCC(=O)O)c2nc[nH]n12. The summed E-state index contributed by atoms with van der Waals surface area (Å²) < 4.78 is 1.56. The number of amides is 1. The van der Waals surface area contributed by atoms with Crippen molar-refractivity contribution in [3.63, 3.8) is 0 Å². The Bertz CT molecular complexity index is 783. The summed E-state index contributed by atoms with van der Waals surface area (Å²) in [5.41, 5.74) is -0.459. The molecule has 1 atom stereocenters. The van der Waals surface area contributed by atoms with E-state index in [1.165, 1.54) is 24.2 Å². The third-order valence-electron chi connectivity index (χ3n) is 3.37. The minimum atomic E-state index is -1.18. The first-order chi connectivity index (χ1) is 10.9. The highest BCUT2D eigenvalue weighted by Crippen LogP contribution is 2.22. The maximum Gasteiger partial charge on any atom is 0.322 e. The molecule has 0 spiro atoms. The van der Waals surface area contributed by atoms with Crippen molar-refractivity contribution in [1.29, 1.82) is 0 Å². The van der Waals surface area contributed by atoms with E-state index in [1.807, 2.05) is 0 Å². The summed E-state index contributed by atoms with van der Waals surface area (Å²) >= 11 is 1.51. The van der Waals surface area contributed by atoms with Crippen LogP contribution in [0.2, 0.25) is 0 Å². The number of thioether (sulfide) groups is 1. The Balaban J connectivity index is 2.36. The summed E-state index contributed by atoms with van der Waals surface area (Å²) in [6.45, 7) is 3.66. The molecular weight excluding hydrogens is 320 g/mol. The first kappa shape index (κ1) is 17.1. The van der Waals surface area contributed by atoms with Crippen LogP contribution in [0.3, 0.4) is 0 Å². The fraction of sp³-hybridized carbons (Fsp3) is 0.429. The highest BCUT2D eigenvalue weighted by Gasteiger charge is 2.19. The Morgan fingerprint density at radius 3 is 2.91 bits per heavy atom. The van der Waals surface area contributed by atoms with Gasteiger partial charge in [-0.15, -0.1) is 11.8 Å². The number of carbonyl (C=O) groups excluding carboxylic acids is 1. The van der Waals surface area contributed by atoms with Crippen LogP contribution in [0.25, 0.3) is 5.65 Å². The second-order valence-corrected chi connectivity index (χ2v) is 6.21. The fourth-order valence-corrected chi connectivity index (χ4v) is 3.03. The van der Waals surface area contributed by atoms with Gasteiger partial charge in [0.05, 0.1) is 0 Å². The molecule has 0 saturated carbocycles. The van der Waals surface area contributed by atoms with E-state index in [0.717, 1.165) is 12.2 Å². The number of rotatable bonds is 7. The van der Waals surface area contributed by atoms with Gasteiger partial charge in [-0.05, 0) is 5.92 Å². The molecule has 0 aliphatic rings. The molecule has 2 rings (SSSR count). The number of nitrogens with zero attached hydrogens (tertiary/aromatic N) is 2. The van der Waals surface area contributed by atoms with E-state index in [4.69, 9.17) is 5.11 Å². The van der Waals surface area contributed by atoms with E-state index in [0.29, 0.717) is 10.9 Å². The molecule has 8 nitrogen and oxygen atoms in total. The van der Waals surface area contributed by atoms with Crippen LogP contribution in [-0.4, -0.2) is 43.9 Å². The number of aromatic amines is 1. The van der Waals surface area contributed by atoms with Gasteiger partial charge in [0.1, 0.15) is 23.5 Å². The Morgan fingerprint density at radius 1 is 1.52 bits per heavy atom. The van der Waals surface area contributed by atoms with Crippen LogP contribution in [-0.2, 0) is 4.79 Å². The van der Waals surface area contributed by atoms with Crippen molar-refractivity contribution in [1.82, 2.24) is 19.9 Å². The van der Waals surface area contributed by atoms with Crippen LogP contribution < -0.4 is 10.7 Å². The lowest BCUT2D eigenvalue weighted by molar-refractivity contribution is -0.135. The summed E-state index contributed by atoms with van der Waals surface area (Å²) in [4.78, 5) is 38.9. The first-order valence-electron chi connectivity index (χ1n) is 7.16. The van der Waals surface area contributed by atoms with Gasteiger partial charge in [0.15, 0.2) is 11.1 Å². The molecule has 9 heteroatoms. The molecule has 0 unspecified atom stereocenters. The molecule has 2 heterocycles. The Kier molecular flexibility index (Phi) is 5.43. The monoisotopic (exact) mass is 338 g/mol. The number of nitrogens with one attached hydrogen (secondary N) is 2. The highest BCUT2D eigenvalue weighted by molar-refractivity contribution is 7.99. The molecule has 0 bridgehead atoms. The van der Waals surface area contributed by atoms with Gasteiger partial charge in [-0.25, -0.2) is 9.50 Å². The fourth-order valence-electron chi connectivity index (χ4n) is 1.88. The van der Waals surface area contributed by atoms with Crippen molar-refractivity contribution >= 4 is 29.3 Å². The Hall–Kier alpha value is -2.29. The minimum Gasteiger partial charge on any atom is -0.480 e. The lowest BCUT2D eigenvalue weighted by Gasteiger charge is -2.10. The van der Waals surface area contributed by atoms with Gasteiger partial charge in [-0.2, -0.15) is 0 Å². The van der Waals surface area contributed by atoms with Crippen LogP contribution in [0, 0.1) is 5.92 Å². The summed E-state index contributed by atoms with van der Waals surface area (Å²) in [5.74, 6) is -0.605. The van der Waals surface area contributed by atoms with Crippen LogP contribution in [0.4, 0.5) is 0 Å². The average molecular weight is 338 g/mol. The minimum absolute atomic E-state index is 0.166. The predicted molar refractivity (Wildman–Crippen MR) is 86.0 cm³/mol. The molecule has 124 valence electrons. The molecule has 23 heavy (non-hydrogen) atoms. The third kappa shape index (κ3) is 3.92. The zero-order valence-corrected chi connectivity index (χ0v) is 13.6. The number of carboxylic acids is 1. The molecule has 0 fully saturated rings. The Labute approximate surface area is 136 Å². The zero-order valence-electron chi connectivity index (χ0n) is 12.8. The standard InChI is InChI=1S/C14H18N4O4S/c1-3-8(2)6-23-10-4-9(19)12(13-16-7-17-18(10)13)14(22)15-5-11(20)21/h4,7-8H,3,5-6H2,1-2H3,(H,15,22)(H,16,17)(H,20,21)/t8-/m0/s1. The average Bonchev–Trinajstić information content (AvgIpc) is 2.99. The maximum atomic E-state index is 12.3. The van der Waals surface area contributed by atoms with Gasteiger partial charge in [-0.1, -0.05) is 20.3 Å². The lowest BCUT2D eigenvalue weighted by atomic mass is 10.2. The second-order valence-electron chi connectivity index (χ2n) is 5.17. The van der Waals surface area contributed by atoms with Gasteiger partial charge in [-0.3, -0.25) is 19.5 Å². The number of hydrogen-bond acceptors (Lipinski definition) is 5. The first-order valence-corrected chi connectivity index (χ1v) is 8.14. The normalized spacial score (nSPS) is 12.3. The van der Waals surface area contributed by atoms with Crippen LogP contribution in [0.1, 0.15) is 30.6 Å². The van der Waals surface area contributed by atoms with E-state index in [-0.39, 0.29) is 11.2 Å². The molecule has 2 aromatic heterocycles. The molecule has 0 aromatic carbocycles. The third-order valence-corrected chi connectivity index (χ3v) is 4.70. The van der Waals surface area contributed by atoms with Gasteiger partial charge < -0.3 is 10.4 Å². The molecule has 1 amide bonds. The Morgan fingerprint density at radius 2 is 2.26 bits per heavy atom. The number of carbonyl (C=O) groups is 2. The van der Waals surface area contributed by atoms with Crippen molar-refractivity contribution < 1.29 is 14.7 Å². The molecule has 0 aliphatic heterocycles. The summed E-state index contributed by atoms with van der Waals surface area (Å²) in [6.07, 6.45) is 2.42. The smallest absolute Gasteiger partial charge is 0.322 e. The number of aliphatic carboxylic acids is 1. The van der Waals surface area contributed by atoms with Gasteiger partial charge in [0, 0.05) is 11.8 Å². The molecule has 2 aromatic rings. The number of hydrogen-bond donors (Lipinski definition) is 3. The second kappa shape index (κ2) is 7.32. The predicted octanol–water partition coefficient (Wildman–Crippen LogP) is 0.975. The van der Waals surface area contributed by atoms with Crippen LogP contribution in [0.15, 0.2) is 22.2 Å². The van der Waals surface area contributed by atoms with Crippen molar-refractivity contribution in [3.05, 3.63) is 28.2 Å². The molecule has 0 radical (unpaired) electrons. The van der Waals surface area contributed by atoms with E-state index in [2.05, 4.69) is 29.2 Å².